The zero-order valence-corrected chi connectivity index (χ0v) is 51.6. The fourth-order valence-electron chi connectivity index (χ4n) is 16.7. The Kier molecular flexibility index (Phi) is 10.4. The van der Waals surface area contributed by atoms with Gasteiger partial charge < -0.3 is 18.1 Å². The Labute approximate surface area is 549 Å². The first-order chi connectivity index (χ1) is 47.6. The van der Waals surface area contributed by atoms with E-state index in [1.165, 1.54) is 104 Å². The van der Waals surface area contributed by atoms with Crippen LogP contribution in [0.5, 0.6) is 0 Å². The van der Waals surface area contributed by atoms with E-state index in [0.29, 0.717) is 0 Å². The molecule has 20 aromatic rings. The third-order valence-electron chi connectivity index (χ3n) is 21.0. The molecule has 6 heteroatoms. The zero-order chi connectivity index (χ0) is 62.4. The summed E-state index contributed by atoms with van der Waals surface area (Å²) in [6.45, 7) is 0. The first-order valence-electron chi connectivity index (χ1n) is 32.9. The van der Waals surface area contributed by atoms with E-state index in [4.69, 9.17) is 14.4 Å². The minimum Gasteiger partial charge on any atom is -0.456 e. The Morgan fingerprint density at radius 1 is 0.219 bits per heavy atom. The second-order valence-electron chi connectivity index (χ2n) is 25.9. The first-order valence-corrected chi connectivity index (χ1v) is 32.9. The van der Waals surface area contributed by atoms with E-state index in [0.717, 1.165) is 111 Å². The number of hydrogen-bond donors (Lipinski definition) is 0. The van der Waals surface area contributed by atoms with Crippen molar-refractivity contribution in [3.8, 4) is 106 Å². The van der Waals surface area contributed by atoms with Gasteiger partial charge in [0.05, 0.1) is 49.8 Å². The molecule has 0 spiro atoms. The molecule has 6 nitrogen and oxygen atoms in total. The molecule has 6 heterocycles. The number of fused-ring (bicyclic) bond motifs is 18. The van der Waals surface area contributed by atoms with Crippen molar-refractivity contribution < 1.29 is 4.42 Å². The van der Waals surface area contributed by atoms with Gasteiger partial charge in [0.1, 0.15) is 11.2 Å². The average Bonchev–Trinajstić information content (AvgIpc) is 1.57. The number of pyridine rings is 2. The van der Waals surface area contributed by atoms with Gasteiger partial charge in [-0.1, -0.05) is 176 Å². The lowest BCUT2D eigenvalue weighted by atomic mass is 9.96. The summed E-state index contributed by atoms with van der Waals surface area (Å²) in [5.74, 6) is 0. The standard InChI is InChI=1S/C90H51N5O/c1-3-13-59(14-4-1)93-79-36-26-53(54-27-37-80-76(48-54)67-32-25-58(51-84(67)94(80)60-15-5-2-6-16-60)61-33-34-69-62-17-7-8-18-63(62)71-41-43-91-89(61)87(69)71)47-75(79)66-31-24-57(50-83(66)93)52-23-30-64-70-35-39-82(90-88(70)72(42-44-92-90)73(64)45-52)95-78-21-11-9-19-65(78)74-46-55(28-38-81(74)95)56-29-40-86-77(49-56)68-20-10-12-22-85(68)96-86/h1-51H. The van der Waals surface area contributed by atoms with Crippen LogP contribution in [-0.2, 0) is 0 Å². The number of hydrogen-bond acceptors (Lipinski definition) is 3. The number of benzene rings is 14. The molecule has 0 saturated carbocycles. The number of nitrogens with zero attached hydrogens (tertiary/aromatic N) is 5. The molecular formula is C90H51N5O. The van der Waals surface area contributed by atoms with Crippen molar-refractivity contribution in [3.05, 3.63) is 310 Å². The maximum absolute atomic E-state index is 6.22. The second-order valence-corrected chi connectivity index (χ2v) is 25.9. The highest BCUT2D eigenvalue weighted by Crippen LogP contribution is 2.52. The van der Waals surface area contributed by atoms with Gasteiger partial charge in [0.15, 0.2) is 0 Å². The molecule has 0 bridgehead atoms. The molecule has 2 aliphatic rings. The Bertz CT molecular complexity index is 6790. The Morgan fingerprint density at radius 3 is 1.31 bits per heavy atom. The molecule has 0 amide bonds. The molecule has 0 radical (unpaired) electrons. The third-order valence-corrected chi connectivity index (χ3v) is 21.0. The van der Waals surface area contributed by atoms with Crippen LogP contribution in [0.3, 0.4) is 0 Å². The minimum atomic E-state index is 0.900. The summed E-state index contributed by atoms with van der Waals surface area (Å²) in [6, 6.07) is 110. The highest BCUT2D eigenvalue weighted by molar-refractivity contribution is 6.21. The fraction of sp³-hybridized carbons (Fsp3) is 0. The molecule has 0 unspecified atom stereocenters. The van der Waals surface area contributed by atoms with Crippen LogP contribution in [0, 0.1) is 0 Å². The van der Waals surface area contributed by atoms with Crippen molar-refractivity contribution in [2.75, 3.05) is 0 Å². The van der Waals surface area contributed by atoms with Crippen LogP contribution in [0.15, 0.2) is 314 Å². The lowest BCUT2D eigenvalue weighted by molar-refractivity contribution is 0.669. The highest BCUT2D eigenvalue weighted by atomic mass is 16.3. The van der Waals surface area contributed by atoms with Crippen molar-refractivity contribution >= 4 is 109 Å². The largest absolute Gasteiger partial charge is 0.456 e. The highest BCUT2D eigenvalue weighted by Gasteiger charge is 2.28. The van der Waals surface area contributed by atoms with Crippen molar-refractivity contribution in [2.24, 2.45) is 0 Å². The molecule has 0 N–H and O–H groups in total. The van der Waals surface area contributed by atoms with Gasteiger partial charge in [-0.15, -0.1) is 0 Å². The molecule has 0 aliphatic heterocycles. The molecule has 0 atom stereocenters. The van der Waals surface area contributed by atoms with Crippen LogP contribution in [0.4, 0.5) is 0 Å². The van der Waals surface area contributed by atoms with Gasteiger partial charge in [-0.05, 0) is 205 Å². The summed E-state index contributed by atoms with van der Waals surface area (Å²) >= 11 is 0. The van der Waals surface area contributed by atoms with Gasteiger partial charge >= 0.3 is 0 Å². The predicted molar refractivity (Wildman–Crippen MR) is 398 cm³/mol. The summed E-state index contributed by atoms with van der Waals surface area (Å²) < 4.78 is 13.5. The van der Waals surface area contributed by atoms with E-state index < -0.39 is 0 Å². The van der Waals surface area contributed by atoms with E-state index in [1.54, 1.807) is 0 Å². The topological polar surface area (TPSA) is 53.7 Å². The van der Waals surface area contributed by atoms with E-state index in [9.17, 15) is 0 Å². The molecular weight excluding hydrogens is 1170 g/mol. The average molecular weight is 1220 g/mol. The number of para-hydroxylation sites is 4. The Morgan fingerprint density at radius 2 is 0.635 bits per heavy atom. The molecule has 14 aromatic carbocycles. The van der Waals surface area contributed by atoms with Crippen LogP contribution in [0.25, 0.3) is 215 Å². The predicted octanol–water partition coefficient (Wildman–Crippen LogP) is 23.9. The van der Waals surface area contributed by atoms with E-state index in [2.05, 4.69) is 299 Å². The van der Waals surface area contributed by atoms with E-state index in [1.807, 2.05) is 24.5 Å². The summed E-state index contributed by atoms with van der Waals surface area (Å²) in [5.41, 5.74) is 33.3. The summed E-state index contributed by atoms with van der Waals surface area (Å²) in [7, 11) is 0. The number of furan rings is 1. The SMILES string of the molecule is c1ccc(-n2c3ccc(-c4ccc5c(c4)c4ccc(-c6ccc7c8c(ccnc68)-c6ccccc6-7)cc4n5-c4ccccc4)cc3c3ccc(-c4ccc5c(c4)-c4ccnc6c(-n7c8ccccc8c8cc(-c9ccc%10oc%11ccccc%11c%10c9)ccc87)ccc-5c46)cc32)cc1. The van der Waals surface area contributed by atoms with Gasteiger partial charge in [-0.3, -0.25) is 9.97 Å². The van der Waals surface area contributed by atoms with Gasteiger partial charge in [-0.25, -0.2) is 0 Å². The van der Waals surface area contributed by atoms with Gasteiger partial charge in [0, 0.05) is 83.2 Å². The monoisotopic (exact) mass is 1220 g/mol. The maximum Gasteiger partial charge on any atom is 0.135 e. The summed E-state index contributed by atoms with van der Waals surface area (Å²) in [6.07, 6.45) is 3.97. The van der Waals surface area contributed by atoms with Gasteiger partial charge in [0.2, 0.25) is 0 Å². The van der Waals surface area contributed by atoms with E-state index >= 15 is 0 Å². The molecule has 0 saturated heterocycles. The molecule has 96 heavy (non-hydrogen) atoms. The second kappa shape index (κ2) is 19.3. The van der Waals surface area contributed by atoms with Crippen molar-refractivity contribution in [1.29, 1.82) is 0 Å². The van der Waals surface area contributed by atoms with Crippen LogP contribution in [-0.4, -0.2) is 23.7 Å². The Hall–Kier alpha value is -12.9. The van der Waals surface area contributed by atoms with Crippen molar-refractivity contribution in [2.45, 2.75) is 0 Å². The third kappa shape index (κ3) is 7.19. The van der Waals surface area contributed by atoms with Crippen LogP contribution in [0.2, 0.25) is 0 Å². The van der Waals surface area contributed by atoms with Crippen LogP contribution < -0.4 is 0 Å². The van der Waals surface area contributed by atoms with Crippen molar-refractivity contribution in [1.82, 2.24) is 23.7 Å². The maximum atomic E-state index is 6.22. The first kappa shape index (κ1) is 51.7. The van der Waals surface area contributed by atoms with Gasteiger partial charge in [-0.2, -0.15) is 0 Å². The van der Waals surface area contributed by atoms with Crippen molar-refractivity contribution in [3.63, 3.8) is 0 Å². The smallest absolute Gasteiger partial charge is 0.135 e. The van der Waals surface area contributed by atoms with Crippen LogP contribution >= 0.6 is 0 Å². The molecule has 442 valence electrons. The quantitative estimate of drug-likeness (QED) is 0.160. The fourth-order valence-corrected chi connectivity index (χ4v) is 16.7. The Balaban J connectivity index is 0.640. The van der Waals surface area contributed by atoms with E-state index in [-0.39, 0.29) is 0 Å². The number of aromatic nitrogens is 5. The van der Waals surface area contributed by atoms with Gasteiger partial charge in [0.25, 0.3) is 0 Å². The zero-order valence-electron chi connectivity index (χ0n) is 51.6. The molecule has 6 aromatic heterocycles. The molecule has 22 rings (SSSR count). The summed E-state index contributed by atoms with van der Waals surface area (Å²) in [4.78, 5) is 10.3. The normalized spacial score (nSPS) is 12.4. The lowest BCUT2D eigenvalue weighted by Gasteiger charge is -2.12. The lowest BCUT2D eigenvalue weighted by Crippen LogP contribution is -1.97. The molecule has 0 fully saturated rings. The van der Waals surface area contributed by atoms with Crippen LogP contribution in [0.1, 0.15) is 0 Å². The summed E-state index contributed by atoms with van der Waals surface area (Å²) in [5, 5.41) is 11.9. The number of rotatable bonds is 7. The molecule has 2 aliphatic carbocycles. The minimum absolute atomic E-state index is 0.900.